The summed E-state index contributed by atoms with van der Waals surface area (Å²) in [7, 11) is -3.94. The molecule has 3 aromatic carbocycles. The van der Waals surface area contributed by atoms with Crippen LogP contribution in [0, 0.1) is 13.8 Å². The largest absolute Gasteiger partial charge is 0.355 e. The van der Waals surface area contributed by atoms with Gasteiger partial charge < -0.3 is 5.32 Å². The van der Waals surface area contributed by atoms with Crippen molar-refractivity contribution in [3.63, 3.8) is 0 Å². The van der Waals surface area contributed by atoms with Crippen molar-refractivity contribution in [2.75, 3.05) is 17.4 Å². The van der Waals surface area contributed by atoms with E-state index in [1.165, 1.54) is 23.3 Å². The van der Waals surface area contributed by atoms with Crippen LogP contribution in [0.15, 0.2) is 77.7 Å². The van der Waals surface area contributed by atoms with Gasteiger partial charge in [0.25, 0.3) is 10.0 Å². The van der Waals surface area contributed by atoms with Crippen LogP contribution in [0.4, 0.5) is 5.69 Å². The van der Waals surface area contributed by atoms with Crippen LogP contribution >= 0.6 is 11.6 Å². The minimum atomic E-state index is -3.94. The van der Waals surface area contributed by atoms with E-state index in [-0.39, 0.29) is 17.3 Å². The van der Waals surface area contributed by atoms with E-state index >= 15 is 0 Å². The van der Waals surface area contributed by atoms with Crippen LogP contribution in [0.5, 0.6) is 0 Å². The summed E-state index contributed by atoms with van der Waals surface area (Å²) < 4.78 is 27.7. The molecule has 168 valence electrons. The number of halogens is 1. The molecule has 0 spiro atoms. The zero-order valence-corrected chi connectivity index (χ0v) is 19.8. The number of nitrogens with one attached hydrogen (secondary N) is 1. The van der Waals surface area contributed by atoms with Crippen LogP contribution < -0.4 is 9.62 Å². The molecule has 0 heterocycles. The molecule has 5 nitrogen and oxygen atoms in total. The number of aryl methyl sites for hydroxylation is 3. The average molecular weight is 471 g/mol. The highest BCUT2D eigenvalue weighted by molar-refractivity contribution is 7.92. The molecule has 0 aromatic heterocycles. The molecule has 3 rings (SSSR count). The Bertz CT molecular complexity index is 1180. The van der Waals surface area contributed by atoms with Gasteiger partial charge in [-0.3, -0.25) is 9.10 Å². The lowest BCUT2D eigenvalue weighted by molar-refractivity contribution is -0.119. The normalized spacial score (nSPS) is 11.2. The zero-order chi connectivity index (χ0) is 23.1. The van der Waals surface area contributed by atoms with Crippen molar-refractivity contribution in [2.24, 2.45) is 0 Å². The van der Waals surface area contributed by atoms with E-state index in [1.54, 1.807) is 36.4 Å². The fraction of sp³-hybridized carbons (Fsp3) is 0.240. The standard InChI is InChI=1S/C25H27ClN2O3S/c1-19-8-6-9-21(16-19)10-7-15-27-25(29)18-28(22-14-13-20(2)24(26)17-22)32(30,31)23-11-4-3-5-12-23/h3-6,8-9,11-14,16-17H,7,10,15,18H2,1-2H3,(H,27,29). The fourth-order valence-electron chi connectivity index (χ4n) is 3.35. The molecule has 3 aromatic rings. The Morgan fingerprint density at radius 3 is 2.41 bits per heavy atom. The number of benzene rings is 3. The second-order valence-corrected chi connectivity index (χ2v) is 9.97. The summed E-state index contributed by atoms with van der Waals surface area (Å²) in [4.78, 5) is 12.8. The molecule has 0 aliphatic heterocycles. The molecule has 1 N–H and O–H groups in total. The van der Waals surface area contributed by atoms with E-state index < -0.39 is 10.0 Å². The van der Waals surface area contributed by atoms with Crippen molar-refractivity contribution in [3.8, 4) is 0 Å². The predicted molar refractivity (Wildman–Crippen MR) is 130 cm³/mol. The van der Waals surface area contributed by atoms with E-state index in [9.17, 15) is 13.2 Å². The summed E-state index contributed by atoms with van der Waals surface area (Å²) in [5, 5.41) is 3.28. The SMILES string of the molecule is Cc1cccc(CCCNC(=O)CN(c2ccc(C)c(Cl)c2)S(=O)(=O)c2ccccc2)c1. The first-order valence-electron chi connectivity index (χ1n) is 10.4. The van der Waals surface area contributed by atoms with Crippen molar-refractivity contribution in [1.29, 1.82) is 0 Å². The minimum Gasteiger partial charge on any atom is -0.355 e. The lowest BCUT2D eigenvalue weighted by Gasteiger charge is -2.24. The third kappa shape index (κ3) is 6.11. The van der Waals surface area contributed by atoms with Gasteiger partial charge in [-0.25, -0.2) is 8.42 Å². The Labute approximate surface area is 195 Å². The molecule has 0 fully saturated rings. The number of carbonyl (C=O) groups excluding carboxylic acids is 1. The quantitative estimate of drug-likeness (QED) is 0.452. The molecule has 0 unspecified atom stereocenters. The van der Waals surface area contributed by atoms with Crippen LogP contribution in [0.3, 0.4) is 0 Å². The first-order valence-corrected chi connectivity index (χ1v) is 12.3. The lowest BCUT2D eigenvalue weighted by Crippen LogP contribution is -2.41. The molecule has 32 heavy (non-hydrogen) atoms. The Hall–Kier alpha value is -2.83. The third-order valence-corrected chi connectivity index (χ3v) is 7.30. The molecule has 0 aliphatic carbocycles. The van der Waals surface area contributed by atoms with E-state index in [1.807, 2.05) is 26.0 Å². The van der Waals surface area contributed by atoms with E-state index in [2.05, 4.69) is 17.4 Å². The highest BCUT2D eigenvalue weighted by Crippen LogP contribution is 2.27. The topological polar surface area (TPSA) is 66.5 Å². The number of sulfonamides is 1. The summed E-state index contributed by atoms with van der Waals surface area (Å²) >= 11 is 6.24. The fourth-order valence-corrected chi connectivity index (χ4v) is 4.95. The summed E-state index contributed by atoms with van der Waals surface area (Å²) in [5.41, 5.74) is 3.58. The van der Waals surface area contributed by atoms with Gasteiger partial charge in [0.15, 0.2) is 0 Å². The van der Waals surface area contributed by atoms with Gasteiger partial charge in [0.1, 0.15) is 6.54 Å². The van der Waals surface area contributed by atoms with Crippen LogP contribution in [-0.2, 0) is 21.2 Å². The molecule has 1 amide bonds. The number of hydrogen-bond acceptors (Lipinski definition) is 3. The summed E-state index contributed by atoms with van der Waals surface area (Å²) in [5.74, 6) is -0.370. The van der Waals surface area contributed by atoms with Gasteiger partial charge in [-0.15, -0.1) is 0 Å². The van der Waals surface area contributed by atoms with Gasteiger partial charge in [-0.1, -0.05) is 65.7 Å². The smallest absolute Gasteiger partial charge is 0.264 e. The van der Waals surface area contributed by atoms with Gasteiger partial charge >= 0.3 is 0 Å². The Balaban J connectivity index is 1.72. The molecule has 0 atom stereocenters. The van der Waals surface area contributed by atoms with Crippen LogP contribution in [0.1, 0.15) is 23.1 Å². The van der Waals surface area contributed by atoms with Gasteiger partial charge in [0, 0.05) is 11.6 Å². The highest BCUT2D eigenvalue weighted by Gasteiger charge is 2.27. The van der Waals surface area contributed by atoms with Gasteiger partial charge in [-0.2, -0.15) is 0 Å². The number of rotatable bonds is 9. The van der Waals surface area contributed by atoms with Crippen molar-refractivity contribution in [3.05, 3.63) is 94.5 Å². The first kappa shape index (κ1) is 23.8. The number of carbonyl (C=O) groups is 1. The highest BCUT2D eigenvalue weighted by atomic mass is 35.5. The van der Waals surface area contributed by atoms with Gasteiger partial charge in [0.2, 0.25) is 5.91 Å². The second kappa shape index (κ2) is 10.7. The number of hydrogen-bond donors (Lipinski definition) is 1. The second-order valence-electron chi connectivity index (χ2n) is 7.70. The van der Waals surface area contributed by atoms with Crippen molar-refractivity contribution >= 4 is 33.2 Å². The monoisotopic (exact) mass is 470 g/mol. The molecule has 0 radical (unpaired) electrons. The summed E-state index contributed by atoms with van der Waals surface area (Å²) in [6.07, 6.45) is 1.60. The van der Waals surface area contributed by atoms with Crippen LogP contribution in [0.2, 0.25) is 5.02 Å². The Morgan fingerprint density at radius 1 is 0.969 bits per heavy atom. The van der Waals surface area contributed by atoms with Gasteiger partial charge in [0.05, 0.1) is 10.6 Å². The molecule has 0 saturated carbocycles. The minimum absolute atomic E-state index is 0.115. The molecule has 7 heteroatoms. The zero-order valence-electron chi connectivity index (χ0n) is 18.2. The van der Waals surface area contributed by atoms with Crippen LogP contribution in [-0.4, -0.2) is 27.4 Å². The van der Waals surface area contributed by atoms with E-state index in [0.717, 1.165) is 22.7 Å². The first-order chi connectivity index (χ1) is 15.3. The third-order valence-electron chi connectivity index (χ3n) is 5.11. The Kier molecular flexibility index (Phi) is 7.94. The van der Waals surface area contributed by atoms with Crippen molar-refractivity contribution in [1.82, 2.24) is 5.32 Å². The predicted octanol–water partition coefficient (Wildman–Crippen LogP) is 4.90. The number of amides is 1. The van der Waals surface area contributed by atoms with E-state index in [4.69, 9.17) is 11.6 Å². The van der Waals surface area contributed by atoms with Gasteiger partial charge in [-0.05, 0) is 62.1 Å². The lowest BCUT2D eigenvalue weighted by atomic mass is 10.1. The maximum absolute atomic E-state index is 13.3. The van der Waals surface area contributed by atoms with Crippen molar-refractivity contribution in [2.45, 2.75) is 31.6 Å². The summed E-state index contributed by atoms with van der Waals surface area (Å²) in [6.45, 7) is 4.01. The van der Waals surface area contributed by atoms with E-state index in [0.29, 0.717) is 17.3 Å². The molecular formula is C25H27ClN2O3S. The molecule has 0 bridgehead atoms. The Morgan fingerprint density at radius 2 is 1.72 bits per heavy atom. The molecule has 0 saturated heterocycles. The number of nitrogens with zero attached hydrogens (tertiary/aromatic N) is 1. The molecular weight excluding hydrogens is 444 g/mol. The number of anilines is 1. The maximum atomic E-state index is 13.3. The van der Waals surface area contributed by atoms with Crippen molar-refractivity contribution < 1.29 is 13.2 Å². The maximum Gasteiger partial charge on any atom is 0.264 e. The molecule has 0 aliphatic rings. The summed E-state index contributed by atoms with van der Waals surface area (Å²) in [6, 6.07) is 21.3. The van der Waals surface area contributed by atoms with Crippen LogP contribution in [0.25, 0.3) is 0 Å². The average Bonchev–Trinajstić information content (AvgIpc) is 2.77.